The quantitative estimate of drug-likeness (QED) is 0.306. The summed E-state index contributed by atoms with van der Waals surface area (Å²) in [5, 5.41) is 4.23. The lowest BCUT2D eigenvalue weighted by Gasteiger charge is -2.39. The van der Waals surface area contributed by atoms with Gasteiger partial charge in [-0.1, -0.05) is 11.8 Å². The van der Waals surface area contributed by atoms with E-state index in [0.29, 0.717) is 6.54 Å². The smallest absolute Gasteiger partial charge is 0.236 e. The van der Waals surface area contributed by atoms with Crippen LogP contribution in [0.2, 0.25) is 0 Å². The Morgan fingerprint density at radius 2 is 1.36 bits per heavy atom. The minimum absolute atomic E-state index is 0.254. The first-order valence-corrected chi connectivity index (χ1v) is 17.3. The van der Waals surface area contributed by atoms with Gasteiger partial charge in [-0.2, -0.15) is 0 Å². The standard InChI is InChI=1S/C31H47N9O3S/c1-44-31-33-28(32-26-2-4-27(5-3-26)38-18-22-43-23-19-38)24-29(34-31)39-12-10-37(11-13-39)25-30(41)40-14-8-35(9-15-40)6-7-36-16-20-42-21-17-36/h2-5,24H,6-23,25H2,1H3,(H,32,33,34). The van der Waals surface area contributed by atoms with Crippen molar-refractivity contribution in [1.29, 1.82) is 0 Å². The van der Waals surface area contributed by atoms with Crippen LogP contribution < -0.4 is 15.1 Å². The number of rotatable bonds is 10. The number of aromatic nitrogens is 2. The highest BCUT2D eigenvalue weighted by molar-refractivity contribution is 7.98. The monoisotopic (exact) mass is 625 g/mol. The van der Waals surface area contributed by atoms with E-state index in [1.165, 1.54) is 5.69 Å². The van der Waals surface area contributed by atoms with Crippen LogP contribution in [0.5, 0.6) is 0 Å². The number of amides is 1. The number of carbonyl (C=O) groups is 1. The molecule has 4 fully saturated rings. The zero-order valence-electron chi connectivity index (χ0n) is 26.0. The Morgan fingerprint density at radius 1 is 0.750 bits per heavy atom. The number of hydrogen-bond donors (Lipinski definition) is 1. The fourth-order valence-electron chi connectivity index (χ4n) is 6.21. The van der Waals surface area contributed by atoms with Crippen LogP contribution in [0.25, 0.3) is 0 Å². The molecule has 0 saturated carbocycles. The van der Waals surface area contributed by atoms with Crippen LogP contribution in [-0.2, 0) is 14.3 Å². The predicted molar refractivity (Wildman–Crippen MR) is 176 cm³/mol. The maximum atomic E-state index is 13.1. The summed E-state index contributed by atoms with van der Waals surface area (Å²) in [7, 11) is 0. The molecule has 2 aromatic rings. The van der Waals surface area contributed by atoms with Gasteiger partial charge in [0, 0.05) is 109 Å². The molecule has 0 unspecified atom stereocenters. The maximum Gasteiger partial charge on any atom is 0.236 e. The number of nitrogens with one attached hydrogen (secondary N) is 1. The van der Waals surface area contributed by atoms with Crippen LogP contribution >= 0.6 is 11.8 Å². The normalized spacial score (nSPS) is 21.1. The Balaban J connectivity index is 0.956. The highest BCUT2D eigenvalue weighted by atomic mass is 32.2. The van der Waals surface area contributed by atoms with Gasteiger partial charge in [0.1, 0.15) is 11.6 Å². The Morgan fingerprint density at radius 3 is 2.02 bits per heavy atom. The molecule has 1 aromatic carbocycles. The SMILES string of the molecule is CSc1nc(Nc2ccc(N3CCOCC3)cc2)cc(N2CCN(CC(=O)N3CCN(CCN4CCOCC4)CC3)CC2)n1. The summed E-state index contributed by atoms with van der Waals surface area (Å²) in [5.74, 6) is 1.97. The molecule has 4 aliphatic heterocycles. The molecule has 0 radical (unpaired) electrons. The largest absolute Gasteiger partial charge is 0.379 e. The van der Waals surface area contributed by atoms with Crippen molar-refractivity contribution < 1.29 is 14.3 Å². The van der Waals surface area contributed by atoms with Crippen LogP contribution in [0.4, 0.5) is 23.0 Å². The van der Waals surface area contributed by atoms with Crippen LogP contribution in [0, 0.1) is 0 Å². The summed E-state index contributed by atoms with van der Waals surface area (Å²) in [6, 6.07) is 10.5. The van der Waals surface area contributed by atoms with E-state index < -0.39 is 0 Å². The van der Waals surface area contributed by atoms with Gasteiger partial charge in [-0.15, -0.1) is 0 Å². The molecule has 12 nitrogen and oxygen atoms in total. The van der Waals surface area contributed by atoms with Gasteiger partial charge >= 0.3 is 0 Å². The van der Waals surface area contributed by atoms with Crippen LogP contribution in [0.15, 0.2) is 35.5 Å². The Hall–Kier alpha value is -2.68. The third-order valence-corrected chi connectivity index (χ3v) is 9.55. The molecule has 0 spiro atoms. The first kappa shape index (κ1) is 31.3. The van der Waals surface area contributed by atoms with Crippen molar-refractivity contribution in [3.8, 4) is 0 Å². The lowest BCUT2D eigenvalue weighted by Crippen LogP contribution is -2.54. The zero-order valence-corrected chi connectivity index (χ0v) is 26.8. The third kappa shape index (κ3) is 8.52. The molecule has 1 amide bonds. The van der Waals surface area contributed by atoms with E-state index in [9.17, 15) is 4.79 Å². The molecule has 240 valence electrons. The Kier molecular flexibility index (Phi) is 11.1. The fraction of sp³-hybridized carbons (Fsp3) is 0.645. The summed E-state index contributed by atoms with van der Waals surface area (Å²) in [6.45, 7) is 16.7. The second-order valence-electron chi connectivity index (χ2n) is 11.8. The van der Waals surface area contributed by atoms with Crippen LogP contribution in [-0.4, -0.2) is 166 Å². The molecule has 5 heterocycles. The molecule has 1 aromatic heterocycles. The van der Waals surface area contributed by atoms with E-state index in [2.05, 4.69) is 59.0 Å². The molecular weight excluding hydrogens is 578 g/mol. The average molecular weight is 626 g/mol. The van der Waals surface area contributed by atoms with Gasteiger partial charge in [0.25, 0.3) is 0 Å². The van der Waals surface area contributed by atoms with Crippen molar-refractivity contribution in [3.63, 3.8) is 0 Å². The number of hydrogen-bond acceptors (Lipinski definition) is 12. The lowest BCUT2D eigenvalue weighted by atomic mass is 10.2. The fourth-order valence-corrected chi connectivity index (χ4v) is 6.58. The molecular formula is C31H47N9O3S. The van der Waals surface area contributed by atoms with E-state index >= 15 is 0 Å². The minimum Gasteiger partial charge on any atom is -0.379 e. The van der Waals surface area contributed by atoms with Crippen molar-refractivity contribution in [3.05, 3.63) is 30.3 Å². The molecule has 4 saturated heterocycles. The second kappa shape index (κ2) is 15.5. The van der Waals surface area contributed by atoms with E-state index in [1.807, 2.05) is 12.3 Å². The number of nitrogens with zero attached hydrogens (tertiary/aromatic N) is 8. The predicted octanol–water partition coefficient (Wildman–Crippen LogP) is 1.38. The van der Waals surface area contributed by atoms with Crippen LogP contribution in [0.3, 0.4) is 0 Å². The number of piperazine rings is 2. The van der Waals surface area contributed by atoms with Gasteiger partial charge in [0.15, 0.2) is 5.16 Å². The summed E-state index contributed by atoms with van der Waals surface area (Å²) in [5.41, 5.74) is 2.21. The zero-order chi connectivity index (χ0) is 30.1. The van der Waals surface area contributed by atoms with E-state index in [0.717, 1.165) is 141 Å². The van der Waals surface area contributed by atoms with Gasteiger partial charge in [-0.05, 0) is 30.5 Å². The molecule has 0 atom stereocenters. The molecule has 6 rings (SSSR count). The van der Waals surface area contributed by atoms with Gasteiger partial charge in [-0.3, -0.25) is 19.5 Å². The molecule has 0 aliphatic carbocycles. The minimum atomic E-state index is 0.254. The Bertz CT molecular complexity index is 1190. The third-order valence-electron chi connectivity index (χ3n) is 9.01. The highest BCUT2D eigenvalue weighted by Gasteiger charge is 2.26. The summed E-state index contributed by atoms with van der Waals surface area (Å²) in [6.07, 6.45) is 2.01. The number of carbonyl (C=O) groups excluding carboxylic acids is 1. The maximum absolute atomic E-state index is 13.1. The molecule has 4 aliphatic rings. The Labute approximate surface area is 265 Å². The van der Waals surface area contributed by atoms with Crippen molar-refractivity contribution >= 4 is 40.7 Å². The van der Waals surface area contributed by atoms with Gasteiger partial charge in [0.2, 0.25) is 5.91 Å². The molecule has 0 bridgehead atoms. The van der Waals surface area contributed by atoms with E-state index in [1.54, 1.807) is 11.8 Å². The van der Waals surface area contributed by atoms with Crippen molar-refractivity contribution in [2.75, 3.05) is 146 Å². The van der Waals surface area contributed by atoms with Crippen molar-refractivity contribution in [1.82, 2.24) is 29.6 Å². The van der Waals surface area contributed by atoms with Crippen molar-refractivity contribution in [2.45, 2.75) is 5.16 Å². The topological polar surface area (TPSA) is 92.8 Å². The number of anilines is 4. The van der Waals surface area contributed by atoms with Crippen molar-refractivity contribution in [2.24, 2.45) is 0 Å². The first-order valence-electron chi connectivity index (χ1n) is 16.0. The number of ether oxygens (including phenoxy) is 2. The summed E-state index contributed by atoms with van der Waals surface area (Å²) in [4.78, 5) is 36.6. The van der Waals surface area contributed by atoms with Gasteiger partial charge < -0.3 is 29.5 Å². The van der Waals surface area contributed by atoms with Crippen LogP contribution in [0.1, 0.15) is 0 Å². The summed E-state index contributed by atoms with van der Waals surface area (Å²) >= 11 is 1.55. The number of morpholine rings is 2. The molecule has 1 N–H and O–H groups in total. The lowest BCUT2D eigenvalue weighted by molar-refractivity contribution is -0.134. The number of benzene rings is 1. The second-order valence-corrected chi connectivity index (χ2v) is 12.6. The highest BCUT2D eigenvalue weighted by Crippen LogP contribution is 2.26. The van der Waals surface area contributed by atoms with E-state index in [4.69, 9.17) is 19.4 Å². The first-order chi connectivity index (χ1) is 21.6. The molecule has 13 heteroatoms. The molecule has 44 heavy (non-hydrogen) atoms. The average Bonchev–Trinajstić information content (AvgIpc) is 3.09. The summed E-state index contributed by atoms with van der Waals surface area (Å²) < 4.78 is 10.9. The number of thioether (sulfide) groups is 1. The van der Waals surface area contributed by atoms with Gasteiger partial charge in [-0.25, -0.2) is 9.97 Å². The van der Waals surface area contributed by atoms with E-state index in [-0.39, 0.29) is 5.91 Å². The van der Waals surface area contributed by atoms with Gasteiger partial charge in [0.05, 0.1) is 33.0 Å².